The fourth-order valence-corrected chi connectivity index (χ4v) is 3.97. The van der Waals surface area contributed by atoms with Crippen molar-refractivity contribution in [3.63, 3.8) is 0 Å². The van der Waals surface area contributed by atoms with Gasteiger partial charge < -0.3 is 15.2 Å². The molecule has 0 aromatic heterocycles. The summed E-state index contributed by atoms with van der Waals surface area (Å²) in [5.41, 5.74) is 5.26. The van der Waals surface area contributed by atoms with E-state index in [9.17, 15) is 14.7 Å². The van der Waals surface area contributed by atoms with E-state index in [4.69, 9.17) is 16.3 Å². The number of halogens is 1. The number of ether oxygens (including phenoxy) is 1. The van der Waals surface area contributed by atoms with E-state index in [1.165, 1.54) is 12.1 Å². The van der Waals surface area contributed by atoms with Gasteiger partial charge in [-0.15, -0.1) is 0 Å². The second-order valence-corrected chi connectivity index (χ2v) is 7.57. The summed E-state index contributed by atoms with van der Waals surface area (Å²) in [5.74, 6) is 0.0578. The van der Waals surface area contributed by atoms with Gasteiger partial charge in [-0.1, -0.05) is 60.7 Å². The molecule has 0 unspecified atom stereocenters. The largest absolute Gasteiger partial charge is 0.508 e. The lowest BCUT2D eigenvalue weighted by Crippen LogP contribution is -2.41. The van der Waals surface area contributed by atoms with Gasteiger partial charge in [-0.3, -0.25) is 4.79 Å². The maximum atomic E-state index is 12.4. The molecule has 30 heavy (non-hydrogen) atoms. The zero-order chi connectivity index (χ0) is 21.1. The molecule has 2 N–H and O–H groups in total. The summed E-state index contributed by atoms with van der Waals surface area (Å²) < 4.78 is 5.48. The Morgan fingerprint density at radius 1 is 0.933 bits per heavy atom. The Hall–Kier alpha value is -3.31. The monoisotopic (exact) mass is 421 g/mol. The molecule has 0 bridgehead atoms. The van der Waals surface area contributed by atoms with E-state index in [0.717, 1.165) is 27.8 Å². The molecule has 1 aliphatic carbocycles. The van der Waals surface area contributed by atoms with E-state index in [-0.39, 0.29) is 24.7 Å². The van der Waals surface area contributed by atoms with E-state index in [1.54, 1.807) is 12.1 Å². The quantitative estimate of drug-likeness (QED) is 0.570. The first kappa shape index (κ1) is 20.0. The minimum atomic E-state index is -0.924. The average molecular weight is 422 g/mol. The SMILES string of the molecule is O=C(N[C@@H](Cc1ccc(O)cc1)C(=O)Cl)OCC1c2ccccc2-c2ccccc21. The molecule has 0 aliphatic heterocycles. The van der Waals surface area contributed by atoms with Crippen molar-refractivity contribution >= 4 is 22.9 Å². The van der Waals surface area contributed by atoms with Crippen LogP contribution in [0.5, 0.6) is 5.75 Å². The molecule has 0 saturated carbocycles. The predicted molar refractivity (Wildman–Crippen MR) is 115 cm³/mol. The Kier molecular flexibility index (Phi) is 5.72. The lowest BCUT2D eigenvalue weighted by atomic mass is 9.98. The molecule has 6 heteroatoms. The van der Waals surface area contributed by atoms with Crippen LogP contribution in [0.2, 0.25) is 0 Å². The summed E-state index contributed by atoms with van der Waals surface area (Å²) >= 11 is 5.67. The maximum Gasteiger partial charge on any atom is 0.407 e. The summed E-state index contributed by atoms with van der Waals surface area (Å²) in [6, 6.07) is 21.6. The first-order valence-electron chi connectivity index (χ1n) is 9.61. The second kappa shape index (κ2) is 8.59. The molecule has 0 fully saturated rings. The van der Waals surface area contributed by atoms with Crippen LogP contribution in [0.4, 0.5) is 4.79 Å². The van der Waals surface area contributed by atoms with Crippen LogP contribution in [0.15, 0.2) is 72.8 Å². The Balaban J connectivity index is 1.43. The third kappa shape index (κ3) is 4.16. The number of carbonyl (C=O) groups excluding carboxylic acids is 2. The highest BCUT2D eigenvalue weighted by atomic mass is 35.5. The Labute approximate surface area is 179 Å². The summed E-state index contributed by atoms with van der Waals surface area (Å²) in [7, 11) is 0. The minimum Gasteiger partial charge on any atom is -0.508 e. The van der Waals surface area contributed by atoms with Crippen LogP contribution in [-0.4, -0.2) is 29.1 Å². The molecule has 152 valence electrons. The molecular weight excluding hydrogens is 402 g/mol. The van der Waals surface area contributed by atoms with Crippen LogP contribution >= 0.6 is 11.6 Å². The maximum absolute atomic E-state index is 12.4. The number of carbonyl (C=O) groups is 2. The molecule has 4 rings (SSSR count). The molecule has 1 atom stereocenters. The Morgan fingerprint density at radius 3 is 2.07 bits per heavy atom. The van der Waals surface area contributed by atoms with Gasteiger partial charge in [0.2, 0.25) is 5.24 Å². The molecule has 0 radical (unpaired) electrons. The van der Waals surface area contributed by atoms with Crippen LogP contribution < -0.4 is 5.32 Å². The van der Waals surface area contributed by atoms with Gasteiger partial charge in [-0.2, -0.15) is 0 Å². The zero-order valence-electron chi connectivity index (χ0n) is 16.0. The van der Waals surface area contributed by atoms with E-state index in [2.05, 4.69) is 17.4 Å². The fraction of sp³-hybridized carbons (Fsp3) is 0.167. The van der Waals surface area contributed by atoms with Crippen LogP contribution in [0, 0.1) is 0 Å². The van der Waals surface area contributed by atoms with Crippen molar-refractivity contribution in [1.29, 1.82) is 0 Å². The standard InChI is InChI=1S/C24H20ClNO4/c25-23(28)22(13-15-9-11-16(27)12-10-15)26-24(29)30-14-21-19-7-3-1-5-17(19)18-6-2-4-8-20(18)21/h1-12,21-22,27H,13-14H2,(H,26,29)/t22-/m0/s1. The molecule has 3 aromatic rings. The van der Waals surface area contributed by atoms with Gasteiger partial charge >= 0.3 is 6.09 Å². The third-order valence-corrected chi connectivity index (χ3v) is 5.55. The number of rotatable bonds is 6. The molecule has 5 nitrogen and oxygen atoms in total. The first-order chi connectivity index (χ1) is 14.5. The number of nitrogens with one attached hydrogen (secondary N) is 1. The average Bonchev–Trinajstić information content (AvgIpc) is 3.07. The van der Waals surface area contributed by atoms with Crippen molar-refractivity contribution in [1.82, 2.24) is 5.32 Å². The summed E-state index contributed by atoms with van der Waals surface area (Å²) in [6.45, 7) is 0.155. The van der Waals surface area contributed by atoms with Crippen LogP contribution in [0.25, 0.3) is 11.1 Å². The van der Waals surface area contributed by atoms with Gasteiger partial charge in [-0.05, 0) is 51.6 Å². The molecule has 0 spiro atoms. The van der Waals surface area contributed by atoms with E-state index in [1.807, 2.05) is 36.4 Å². The van der Waals surface area contributed by atoms with Gasteiger partial charge in [0.25, 0.3) is 0 Å². The Morgan fingerprint density at radius 2 is 1.50 bits per heavy atom. The number of aromatic hydroxyl groups is 1. The molecule has 3 aromatic carbocycles. The minimum absolute atomic E-state index is 0.0644. The zero-order valence-corrected chi connectivity index (χ0v) is 16.8. The highest BCUT2D eigenvalue weighted by Gasteiger charge is 2.29. The molecule has 1 aliphatic rings. The number of phenols is 1. The molecule has 0 heterocycles. The van der Waals surface area contributed by atoms with Crippen LogP contribution in [0.1, 0.15) is 22.6 Å². The van der Waals surface area contributed by atoms with E-state index in [0.29, 0.717) is 0 Å². The number of phenolic OH excluding ortho intramolecular Hbond substituents is 1. The van der Waals surface area contributed by atoms with Crippen molar-refractivity contribution < 1.29 is 19.4 Å². The van der Waals surface area contributed by atoms with Crippen molar-refractivity contribution in [3.8, 4) is 16.9 Å². The van der Waals surface area contributed by atoms with Gasteiger partial charge in [0, 0.05) is 12.3 Å². The van der Waals surface area contributed by atoms with Gasteiger partial charge in [0.05, 0.1) is 0 Å². The third-order valence-electron chi connectivity index (χ3n) is 5.29. The molecule has 0 saturated heterocycles. The highest BCUT2D eigenvalue weighted by molar-refractivity contribution is 6.64. The smallest absolute Gasteiger partial charge is 0.407 e. The lowest BCUT2D eigenvalue weighted by molar-refractivity contribution is -0.113. The Bertz CT molecular complexity index is 1040. The normalized spacial score (nSPS) is 13.2. The van der Waals surface area contributed by atoms with E-state index < -0.39 is 17.4 Å². The number of alkyl carbamates (subject to hydrolysis) is 1. The number of hydrogen-bond donors (Lipinski definition) is 2. The van der Waals surface area contributed by atoms with Crippen molar-refractivity contribution in [3.05, 3.63) is 89.5 Å². The highest BCUT2D eigenvalue weighted by Crippen LogP contribution is 2.44. The van der Waals surface area contributed by atoms with Crippen LogP contribution in [0.3, 0.4) is 0 Å². The molecule has 1 amide bonds. The summed E-state index contributed by atoms with van der Waals surface area (Å²) in [4.78, 5) is 24.2. The summed E-state index contributed by atoms with van der Waals surface area (Å²) in [6.07, 6.45) is -0.498. The van der Waals surface area contributed by atoms with Gasteiger partial charge in [-0.25, -0.2) is 4.79 Å². The topological polar surface area (TPSA) is 75.6 Å². The van der Waals surface area contributed by atoms with Crippen molar-refractivity contribution in [2.75, 3.05) is 6.61 Å². The fourth-order valence-electron chi connectivity index (χ4n) is 3.84. The summed E-state index contributed by atoms with van der Waals surface area (Å²) in [5, 5.41) is 11.2. The van der Waals surface area contributed by atoms with Crippen molar-refractivity contribution in [2.45, 2.75) is 18.4 Å². The van der Waals surface area contributed by atoms with E-state index >= 15 is 0 Å². The molecular formula is C24H20ClNO4. The van der Waals surface area contributed by atoms with Gasteiger partial charge in [0.1, 0.15) is 18.4 Å². The number of amides is 1. The van der Waals surface area contributed by atoms with Crippen molar-refractivity contribution in [2.24, 2.45) is 0 Å². The number of benzene rings is 3. The van der Waals surface area contributed by atoms with Crippen LogP contribution in [-0.2, 0) is 16.0 Å². The number of hydrogen-bond acceptors (Lipinski definition) is 4. The second-order valence-electron chi connectivity index (χ2n) is 7.20. The van der Waals surface area contributed by atoms with Gasteiger partial charge in [0.15, 0.2) is 0 Å². The first-order valence-corrected chi connectivity index (χ1v) is 9.99. The lowest BCUT2D eigenvalue weighted by Gasteiger charge is -2.17. The number of fused-ring (bicyclic) bond motifs is 3. The predicted octanol–water partition coefficient (Wildman–Crippen LogP) is 4.61.